The summed E-state index contributed by atoms with van der Waals surface area (Å²) in [6.07, 6.45) is -2.02. The van der Waals surface area contributed by atoms with Gasteiger partial charge in [0, 0.05) is 25.3 Å². The van der Waals surface area contributed by atoms with Gasteiger partial charge in [-0.05, 0) is 30.7 Å². The molecule has 0 aromatic heterocycles. The minimum atomic E-state index is -4.40. The highest BCUT2D eigenvalue weighted by Gasteiger charge is 2.51. The number of aliphatic hydroxyl groups is 1. The van der Waals surface area contributed by atoms with E-state index in [0.29, 0.717) is 25.3 Å². The van der Waals surface area contributed by atoms with Crippen molar-refractivity contribution in [3.8, 4) is 5.75 Å². The lowest BCUT2D eigenvalue weighted by atomic mass is 10.0. The second-order valence-corrected chi connectivity index (χ2v) is 7.41. The second-order valence-electron chi connectivity index (χ2n) is 7.41. The topological polar surface area (TPSA) is 62.2 Å². The van der Waals surface area contributed by atoms with Gasteiger partial charge in [0.05, 0.1) is 19.2 Å². The van der Waals surface area contributed by atoms with Crippen LogP contribution in [-0.4, -0.2) is 66.8 Å². The van der Waals surface area contributed by atoms with Crippen molar-refractivity contribution in [2.75, 3.05) is 37.8 Å². The molecule has 0 spiro atoms. The molecule has 2 amide bonds. The summed E-state index contributed by atoms with van der Waals surface area (Å²) in [5.41, 5.74) is -0.448. The molecule has 1 aromatic carbocycles. The highest BCUT2D eigenvalue weighted by atomic mass is 19.4. The minimum Gasteiger partial charge on any atom is -0.484 e. The first-order valence-corrected chi connectivity index (χ1v) is 9.39. The Labute approximate surface area is 161 Å². The number of urea groups is 1. The number of benzene rings is 1. The number of rotatable bonds is 8. The van der Waals surface area contributed by atoms with Crippen molar-refractivity contribution in [2.45, 2.75) is 44.0 Å². The van der Waals surface area contributed by atoms with Crippen molar-refractivity contribution >= 4 is 11.7 Å². The number of alkyl halides is 3. The average Bonchev–Trinajstić information content (AvgIpc) is 3.12. The lowest BCUT2D eigenvalue weighted by Gasteiger charge is -2.25. The van der Waals surface area contributed by atoms with Crippen LogP contribution in [0.4, 0.5) is 23.7 Å². The molecule has 0 unspecified atom stereocenters. The van der Waals surface area contributed by atoms with Crippen molar-refractivity contribution < 1.29 is 32.5 Å². The number of carbonyl (C=O) groups excluding carboxylic acids is 1. The van der Waals surface area contributed by atoms with E-state index in [-0.39, 0.29) is 31.0 Å². The van der Waals surface area contributed by atoms with E-state index >= 15 is 0 Å². The fourth-order valence-corrected chi connectivity index (χ4v) is 3.61. The van der Waals surface area contributed by atoms with Crippen LogP contribution < -0.4 is 9.64 Å². The highest BCUT2D eigenvalue weighted by molar-refractivity contribution is 5.95. The molecule has 2 heterocycles. The zero-order valence-corrected chi connectivity index (χ0v) is 15.7. The Morgan fingerprint density at radius 1 is 1.29 bits per heavy atom. The maximum atomic E-state index is 12.7. The first kappa shape index (κ1) is 20.7. The normalized spacial score (nSPS) is 24.8. The van der Waals surface area contributed by atoms with Gasteiger partial charge in [-0.2, -0.15) is 13.2 Å². The van der Waals surface area contributed by atoms with E-state index in [2.05, 4.69) is 11.7 Å². The highest BCUT2D eigenvalue weighted by Crippen LogP contribution is 2.36. The van der Waals surface area contributed by atoms with Gasteiger partial charge in [-0.3, -0.25) is 4.90 Å². The number of halogens is 3. The molecule has 3 rings (SSSR count). The average molecular weight is 402 g/mol. The Morgan fingerprint density at radius 3 is 2.61 bits per heavy atom. The number of nitrogens with zero attached hydrogens (tertiary/aromatic N) is 2. The maximum absolute atomic E-state index is 12.7. The number of unbranched alkanes of at least 4 members (excludes halogenated alkanes) is 1. The molecule has 2 atom stereocenters. The molecule has 2 fully saturated rings. The van der Waals surface area contributed by atoms with Gasteiger partial charge >= 0.3 is 12.2 Å². The molecule has 0 radical (unpaired) electrons. The molecular weight excluding hydrogens is 377 g/mol. The quantitative estimate of drug-likeness (QED) is 0.679. The van der Waals surface area contributed by atoms with Gasteiger partial charge in [0.25, 0.3) is 0 Å². The predicted octanol–water partition coefficient (Wildman–Crippen LogP) is 3.19. The third-order valence-corrected chi connectivity index (χ3v) is 4.95. The Balaban J connectivity index is 1.56. The van der Waals surface area contributed by atoms with Crippen LogP contribution in [0.15, 0.2) is 24.3 Å². The van der Waals surface area contributed by atoms with Gasteiger partial charge in [0.2, 0.25) is 0 Å². The Bertz CT molecular complexity index is 683. The summed E-state index contributed by atoms with van der Waals surface area (Å²) < 4.78 is 46.9. The SMILES string of the molecule is CCCCOC[C@@]1(O)C[C@H]2CN(c3ccc(OCC(F)(F)F)cc3)C(=O)N2C1. The summed E-state index contributed by atoms with van der Waals surface area (Å²) in [5, 5.41) is 10.7. The van der Waals surface area contributed by atoms with E-state index in [0.717, 1.165) is 12.8 Å². The summed E-state index contributed by atoms with van der Waals surface area (Å²) in [5.74, 6) is 0.0897. The van der Waals surface area contributed by atoms with Gasteiger partial charge in [0.1, 0.15) is 11.4 Å². The fraction of sp³-hybridized carbons (Fsp3) is 0.632. The summed E-state index contributed by atoms with van der Waals surface area (Å²) in [6, 6.07) is 5.61. The molecule has 0 aliphatic carbocycles. The van der Waals surface area contributed by atoms with Crippen LogP contribution in [0.2, 0.25) is 0 Å². The van der Waals surface area contributed by atoms with Crippen molar-refractivity contribution in [1.82, 2.24) is 4.90 Å². The van der Waals surface area contributed by atoms with Crippen LogP contribution in [0, 0.1) is 0 Å². The van der Waals surface area contributed by atoms with E-state index in [1.165, 1.54) is 12.1 Å². The molecule has 28 heavy (non-hydrogen) atoms. The fourth-order valence-electron chi connectivity index (χ4n) is 3.61. The smallest absolute Gasteiger partial charge is 0.422 e. The lowest BCUT2D eigenvalue weighted by molar-refractivity contribution is -0.153. The second kappa shape index (κ2) is 8.16. The molecule has 0 saturated carbocycles. The Morgan fingerprint density at radius 2 is 2.00 bits per heavy atom. The predicted molar refractivity (Wildman–Crippen MR) is 96.5 cm³/mol. The molecule has 9 heteroatoms. The number of fused-ring (bicyclic) bond motifs is 1. The van der Waals surface area contributed by atoms with Gasteiger partial charge in [-0.25, -0.2) is 4.79 Å². The molecule has 0 bridgehead atoms. The molecule has 156 valence electrons. The van der Waals surface area contributed by atoms with E-state index < -0.39 is 18.4 Å². The zero-order chi connectivity index (χ0) is 20.4. The van der Waals surface area contributed by atoms with Crippen LogP contribution in [0.3, 0.4) is 0 Å². The van der Waals surface area contributed by atoms with Crippen molar-refractivity contribution in [3.05, 3.63) is 24.3 Å². The largest absolute Gasteiger partial charge is 0.484 e. The maximum Gasteiger partial charge on any atom is 0.422 e. The summed E-state index contributed by atoms with van der Waals surface area (Å²) in [7, 11) is 0. The standard InChI is InChI=1S/C19H25F3N2O4/c1-2-3-8-27-12-18(26)9-15-10-23(17(25)24(15)11-18)14-4-6-16(7-5-14)28-13-19(20,21)22/h4-7,15,26H,2-3,8-13H2,1H3/t15-,18+/m0/s1. The first-order chi connectivity index (χ1) is 13.2. The monoisotopic (exact) mass is 402 g/mol. The van der Waals surface area contributed by atoms with Gasteiger partial charge in [-0.1, -0.05) is 13.3 Å². The van der Waals surface area contributed by atoms with Crippen LogP contribution in [0.25, 0.3) is 0 Å². The number of hydrogen-bond acceptors (Lipinski definition) is 4. The van der Waals surface area contributed by atoms with Crippen molar-refractivity contribution in [3.63, 3.8) is 0 Å². The Hall–Kier alpha value is -2.00. The number of carbonyl (C=O) groups is 1. The summed E-state index contributed by atoms with van der Waals surface area (Å²) in [4.78, 5) is 15.9. The number of hydrogen-bond donors (Lipinski definition) is 1. The van der Waals surface area contributed by atoms with Crippen LogP contribution >= 0.6 is 0 Å². The van der Waals surface area contributed by atoms with Crippen LogP contribution in [0.5, 0.6) is 5.75 Å². The van der Waals surface area contributed by atoms with Crippen LogP contribution in [-0.2, 0) is 4.74 Å². The molecule has 2 aliphatic rings. The van der Waals surface area contributed by atoms with Gasteiger partial charge in [0.15, 0.2) is 6.61 Å². The number of ether oxygens (including phenoxy) is 2. The summed E-state index contributed by atoms with van der Waals surface area (Å²) >= 11 is 0. The van der Waals surface area contributed by atoms with E-state index in [1.54, 1.807) is 21.9 Å². The van der Waals surface area contributed by atoms with Gasteiger partial charge < -0.3 is 19.5 Å². The summed E-state index contributed by atoms with van der Waals surface area (Å²) in [6.45, 7) is 2.13. The van der Waals surface area contributed by atoms with E-state index in [1.807, 2.05) is 0 Å². The molecule has 2 saturated heterocycles. The lowest BCUT2D eigenvalue weighted by Crippen LogP contribution is -2.42. The van der Waals surface area contributed by atoms with E-state index in [9.17, 15) is 23.1 Å². The number of anilines is 1. The van der Waals surface area contributed by atoms with Gasteiger partial charge in [-0.15, -0.1) is 0 Å². The third-order valence-electron chi connectivity index (χ3n) is 4.95. The minimum absolute atomic E-state index is 0.0897. The Kier molecular flexibility index (Phi) is 6.04. The zero-order valence-electron chi connectivity index (χ0n) is 15.7. The first-order valence-electron chi connectivity index (χ1n) is 9.39. The van der Waals surface area contributed by atoms with Crippen LogP contribution in [0.1, 0.15) is 26.2 Å². The third kappa shape index (κ3) is 4.88. The molecular formula is C19H25F3N2O4. The number of amides is 2. The van der Waals surface area contributed by atoms with Crippen molar-refractivity contribution in [2.24, 2.45) is 0 Å². The molecule has 1 aromatic rings. The molecule has 6 nitrogen and oxygen atoms in total. The van der Waals surface area contributed by atoms with Crippen molar-refractivity contribution in [1.29, 1.82) is 0 Å². The molecule has 1 N–H and O–H groups in total. The van der Waals surface area contributed by atoms with E-state index in [4.69, 9.17) is 4.74 Å². The molecule has 2 aliphatic heterocycles.